The summed E-state index contributed by atoms with van der Waals surface area (Å²) in [6, 6.07) is 1.19. The van der Waals surface area contributed by atoms with E-state index < -0.39 is 0 Å². The summed E-state index contributed by atoms with van der Waals surface area (Å²) in [5.74, 6) is 0. The van der Waals surface area contributed by atoms with Crippen LogP contribution < -0.4 is 5.32 Å². The van der Waals surface area contributed by atoms with Gasteiger partial charge in [-0.3, -0.25) is 4.90 Å². The highest BCUT2D eigenvalue weighted by Gasteiger charge is 2.29. The third-order valence-corrected chi connectivity index (χ3v) is 3.95. The molecule has 1 aliphatic heterocycles. The van der Waals surface area contributed by atoms with E-state index in [1.54, 1.807) is 0 Å². The predicted molar refractivity (Wildman–Crippen MR) is 73.4 cm³/mol. The van der Waals surface area contributed by atoms with Crippen molar-refractivity contribution in [2.45, 2.75) is 64.6 Å². The number of hydrogen-bond acceptors (Lipinski definition) is 3. The van der Waals surface area contributed by atoms with Gasteiger partial charge >= 0.3 is 0 Å². The van der Waals surface area contributed by atoms with Crippen LogP contribution in [0.3, 0.4) is 0 Å². The summed E-state index contributed by atoms with van der Waals surface area (Å²) in [6.45, 7) is 9.91. The van der Waals surface area contributed by atoms with Crippen molar-refractivity contribution in [1.29, 1.82) is 0 Å². The van der Waals surface area contributed by atoms with E-state index in [-0.39, 0.29) is 0 Å². The molecule has 3 nitrogen and oxygen atoms in total. The van der Waals surface area contributed by atoms with Crippen LogP contribution in [0.1, 0.15) is 46.5 Å². The Bertz CT molecular complexity index is 199. The van der Waals surface area contributed by atoms with E-state index in [1.807, 2.05) is 0 Å². The predicted octanol–water partition coefficient (Wildman–Crippen LogP) is 2.26. The van der Waals surface area contributed by atoms with Crippen molar-refractivity contribution in [3.63, 3.8) is 0 Å². The number of unbranched alkanes of at least 4 members (excludes halogenated alkanes) is 2. The first-order valence-electron chi connectivity index (χ1n) is 7.21. The summed E-state index contributed by atoms with van der Waals surface area (Å²) < 4.78 is 5.63. The lowest BCUT2D eigenvalue weighted by Crippen LogP contribution is -2.46. The molecule has 0 saturated carbocycles. The summed E-state index contributed by atoms with van der Waals surface area (Å²) in [4.78, 5) is 2.48. The molecule has 0 amide bonds. The lowest BCUT2D eigenvalue weighted by Gasteiger charge is -2.32. The first kappa shape index (κ1) is 14.9. The van der Waals surface area contributed by atoms with Crippen molar-refractivity contribution in [3.05, 3.63) is 0 Å². The van der Waals surface area contributed by atoms with Gasteiger partial charge in [-0.05, 0) is 40.3 Å². The summed E-state index contributed by atoms with van der Waals surface area (Å²) in [7, 11) is 2.23. The Morgan fingerprint density at radius 2 is 2.18 bits per heavy atom. The minimum Gasteiger partial charge on any atom is -0.377 e. The molecule has 1 rings (SSSR count). The van der Waals surface area contributed by atoms with Crippen LogP contribution in [0.5, 0.6) is 0 Å². The topological polar surface area (TPSA) is 24.5 Å². The second-order valence-corrected chi connectivity index (χ2v) is 5.36. The monoisotopic (exact) mass is 242 g/mol. The molecule has 1 heterocycles. The van der Waals surface area contributed by atoms with Gasteiger partial charge in [0.1, 0.15) is 0 Å². The summed E-state index contributed by atoms with van der Waals surface area (Å²) in [6.07, 6.45) is 5.51. The molecule has 3 heteroatoms. The van der Waals surface area contributed by atoms with Gasteiger partial charge in [0.25, 0.3) is 0 Å². The highest BCUT2D eigenvalue weighted by Crippen LogP contribution is 2.19. The van der Waals surface area contributed by atoms with Crippen LogP contribution in [-0.4, -0.2) is 49.8 Å². The average molecular weight is 242 g/mol. The largest absolute Gasteiger partial charge is 0.377 e. The molecule has 0 bridgehead atoms. The van der Waals surface area contributed by atoms with Crippen LogP contribution in [0.25, 0.3) is 0 Å². The molecule has 0 radical (unpaired) electrons. The van der Waals surface area contributed by atoms with Crippen molar-refractivity contribution in [2.75, 3.05) is 26.7 Å². The van der Waals surface area contributed by atoms with Crippen LogP contribution in [0, 0.1) is 0 Å². The second-order valence-electron chi connectivity index (χ2n) is 5.36. The zero-order chi connectivity index (χ0) is 12.7. The molecule has 17 heavy (non-hydrogen) atoms. The minimum absolute atomic E-state index is 0.391. The van der Waals surface area contributed by atoms with Crippen molar-refractivity contribution in [3.8, 4) is 0 Å². The van der Waals surface area contributed by atoms with Gasteiger partial charge < -0.3 is 10.1 Å². The Labute approximate surface area is 107 Å². The van der Waals surface area contributed by atoms with Crippen LogP contribution in [0.15, 0.2) is 0 Å². The van der Waals surface area contributed by atoms with E-state index >= 15 is 0 Å². The Hall–Kier alpha value is -0.120. The lowest BCUT2D eigenvalue weighted by molar-refractivity contribution is 0.0704. The van der Waals surface area contributed by atoms with Crippen molar-refractivity contribution in [1.82, 2.24) is 10.2 Å². The third kappa shape index (κ3) is 4.94. The van der Waals surface area contributed by atoms with E-state index in [9.17, 15) is 0 Å². The molecule has 0 spiro atoms. The fraction of sp³-hybridized carbons (Fsp3) is 1.00. The number of hydrogen-bond donors (Lipinski definition) is 1. The average Bonchev–Trinajstić information content (AvgIpc) is 2.74. The van der Waals surface area contributed by atoms with Crippen molar-refractivity contribution in [2.24, 2.45) is 0 Å². The van der Waals surface area contributed by atoms with Gasteiger partial charge in [0.2, 0.25) is 0 Å². The second kappa shape index (κ2) is 8.06. The van der Waals surface area contributed by atoms with E-state index in [4.69, 9.17) is 4.74 Å². The quantitative estimate of drug-likeness (QED) is 0.661. The maximum absolute atomic E-state index is 5.63. The molecule has 0 aromatic heterocycles. The maximum atomic E-state index is 5.63. The zero-order valence-electron chi connectivity index (χ0n) is 12.0. The molecule has 3 unspecified atom stereocenters. The maximum Gasteiger partial charge on any atom is 0.0703 e. The molecular weight excluding hydrogens is 212 g/mol. The van der Waals surface area contributed by atoms with Gasteiger partial charge in [-0.15, -0.1) is 0 Å². The zero-order valence-corrected chi connectivity index (χ0v) is 12.0. The fourth-order valence-corrected chi connectivity index (χ4v) is 2.54. The number of ether oxygens (including phenoxy) is 1. The highest BCUT2D eigenvalue weighted by atomic mass is 16.5. The van der Waals surface area contributed by atoms with E-state index in [2.05, 4.69) is 38.0 Å². The Kier molecular flexibility index (Phi) is 7.09. The molecule has 102 valence electrons. The standard InChI is InChI=1S/C14H30N2O/c1-5-6-7-9-15-11-12(2)16(4)14-8-10-17-13(14)3/h12-15H,5-11H2,1-4H3. The molecule has 0 aliphatic carbocycles. The number of nitrogens with one attached hydrogen (secondary N) is 1. The van der Waals surface area contributed by atoms with E-state index in [0.29, 0.717) is 18.2 Å². The first-order valence-corrected chi connectivity index (χ1v) is 7.21. The normalized spacial score (nSPS) is 26.6. The third-order valence-electron chi connectivity index (χ3n) is 3.95. The molecular formula is C14H30N2O. The highest BCUT2D eigenvalue weighted by molar-refractivity contribution is 4.83. The first-order chi connectivity index (χ1) is 8.16. The van der Waals surface area contributed by atoms with E-state index in [0.717, 1.165) is 19.7 Å². The Morgan fingerprint density at radius 3 is 2.76 bits per heavy atom. The molecule has 3 atom stereocenters. The smallest absolute Gasteiger partial charge is 0.0703 e. The SMILES string of the molecule is CCCCCNCC(C)N(C)C1CCOC1C. The molecule has 1 N–H and O–H groups in total. The molecule has 0 aromatic carbocycles. The van der Waals surface area contributed by atoms with Gasteiger partial charge in [-0.25, -0.2) is 0 Å². The number of nitrogens with zero attached hydrogens (tertiary/aromatic N) is 1. The van der Waals surface area contributed by atoms with Crippen LogP contribution in [0.2, 0.25) is 0 Å². The summed E-state index contributed by atoms with van der Waals surface area (Å²) >= 11 is 0. The van der Waals surface area contributed by atoms with Gasteiger partial charge in [-0.1, -0.05) is 19.8 Å². The number of likely N-dealkylation sites (N-methyl/N-ethyl adjacent to an activating group) is 1. The van der Waals surface area contributed by atoms with Crippen LogP contribution in [0.4, 0.5) is 0 Å². The van der Waals surface area contributed by atoms with Crippen molar-refractivity contribution < 1.29 is 4.74 Å². The molecule has 1 fully saturated rings. The Balaban J connectivity index is 2.15. The van der Waals surface area contributed by atoms with Gasteiger partial charge in [-0.2, -0.15) is 0 Å². The molecule has 1 saturated heterocycles. The van der Waals surface area contributed by atoms with E-state index in [1.165, 1.54) is 25.7 Å². The fourth-order valence-electron chi connectivity index (χ4n) is 2.54. The van der Waals surface area contributed by atoms with Gasteiger partial charge in [0, 0.05) is 25.2 Å². The molecule has 0 aromatic rings. The van der Waals surface area contributed by atoms with Gasteiger partial charge in [0.15, 0.2) is 0 Å². The minimum atomic E-state index is 0.391. The number of rotatable bonds is 8. The lowest BCUT2D eigenvalue weighted by atomic mass is 10.1. The summed E-state index contributed by atoms with van der Waals surface area (Å²) in [5, 5.41) is 3.56. The molecule has 1 aliphatic rings. The van der Waals surface area contributed by atoms with Crippen LogP contribution >= 0.6 is 0 Å². The van der Waals surface area contributed by atoms with Crippen molar-refractivity contribution >= 4 is 0 Å². The Morgan fingerprint density at radius 1 is 1.41 bits per heavy atom. The van der Waals surface area contributed by atoms with Crippen LogP contribution in [-0.2, 0) is 4.74 Å². The summed E-state index contributed by atoms with van der Waals surface area (Å²) in [5.41, 5.74) is 0. The van der Waals surface area contributed by atoms with Gasteiger partial charge in [0.05, 0.1) is 6.10 Å².